The van der Waals surface area contributed by atoms with Crippen LogP contribution in [0, 0.1) is 5.82 Å². The number of imidazole rings is 1. The van der Waals surface area contributed by atoms with Gasteiger partial charge in [-0.25, -0.2) is 9.18 Å². The van der Waals surface area contributed by atoms with E-state index in [-0.39, 0.29) is 30.5 Å². The summed E-state index contributed by atoms with van der Waals surface area (Å²) in [5.74, 6) is 1.21. The molecule has 0 saturated heterocycles. The molecule has 158 valence electrons. The lowest BCUT2D eigenvalue weighted by Crippen LogP contribution is -2.39. The Bertz CT molecular complexity index is 1440. The average molecular weight is 424 g/mol. The summed E-state index contributed by atoms with van der Waals surface area (Å²) in [6.07, 6.45) is 0. The second-order valence-corrected chi connectivity index (χ2v) is 7.10. The van der Waals surface area contributed by atoms with Gasteiger partial charge in [-0.05, 0) is 29.8 Å². The second-order valence-electron chi connectivity index (χ2n) is 7.10. The van der Waals surface area contributed by atoms with Crippen molar-refractivity contribution in [2.45, 2.75) is 6.54 Å². The summed E-state index contributed by atoms with van der Waals surface area (Å²) in [7, 11) is 3.16. The summed E-state index contributed by atoms with van der Waals surface area (Å²) in [4.78, 5) is 30.3. The van der Waals surface area contributed by atoms with E-state index in [1.165, 1.54) is 40.4 Å². The smallest absolute Gasteiger partial charge is 0.332 e. The first kappa shape index (κ1) is 18.9. The molecule has 31 heavy (non-hydrogen) atoms. The monoisotopic (exact) mass is 424 g/mol. The van der Waals surface area contributed by atoms with Crippen LogP contribution in [0.4, 0.5) is 4.39 Å². The molecule has 0 spiro atoms. The van der Waals surface area contributed by atoms with E-state index in [4.69, 9.17) is 14.2 Å². The molecular weight excluding hydrogens is 407 g/mol. The number of halogens is 1. The molecule has 0 fully saturated rings. The molecule has 9 nitrogen and oxygen atoms in total. The summed E-state index contributed by atoms with van der Waals surface area (Å²) in [6.45, 7) is 0.145. The highest BCUT2D eigenvalue weighted by Crippen LogP contribution is 2.36. The third-order valence-corrected chi connectivity index (χ3v) is 5.13. The fourth-order valence-corrected chi connectivity index (χ4v) is 3.47. The zero-order valence-corrected chi connectivity index (χ0v) is 16.7. The van der Waals surface area contributed by atoms with Crippen LogP contribution >= 0.6 is 0 Å². The molecule has 4 aromatic rings. The number of benzene rings is 2. The van der Waals surface area contributed by atoms with Gasteiger partial charge in [0, 0.05) is 20.2 Å². The molecule has 0 saturated carbocycles. The lowest BCUT2D eigenvalue weighted by Gasteiger charge is -2.09. The number of aryl methyl sites for hydroxylation is 2. The Morgan fingerprint density at radius 3 is 2.55 bits per heavy atom. The van der Waals surface area contributed by atoms with Crippen molar-refractivity contribution in [2.75, 3.05) is 6.79 Å². The Morgan fingerprint density at radius 2 is 1.77 bits per heavy atom. The van der Waals surface area contributed by atoms with Crippen LogP contribution in [0.3, 0.4) is 0 Å². The summed E-state index contributed by atoms with van der Waals surface area (Å²) in [5, 5.41) is 0. The van der Waals surface area contributed by atoms with Crippen LogP contribution < -0.4 is 25.5 Å². The summed E-state index contributed by atoms with van der Waals surface area (Å²) >= 11 is 0. The molecule has 0 N–H and O–H groups in total. The number of fused-ring (bicyclic) bond motifs is 2. The van der Waals surface area contributed by atoms with Crippen LogP contribution in [0.2, 0.25) is 0 Å². The normalized spacial score (nSPS) is 12.5. The standard InChI is InChI=1S/C21H17FN4O5/c1-24-17-18(23-20(24)31-14-7-8-15-16(9-14)30-11-29-15)25(2)21(28)26(19(17)27)10-12-3-5-13(22)6-4-12/h3-9H,10-11H2,1-2H3. The van der Waals surface area contributed by atoms with E-state index in [9.17, 15) is 14.0 Å². The molecule has 0 amide bonds. The molecule has 0 bridgehead atoms. The highest BCUT2D eigenvalue weighted by Gasteiger charge is 2.21. The third-order valence-electron chi connectivity index (χ3n) is 5.13. The molecule has 0 atom stereocenters. The Morgan fingerprint density at radius 1 is 1.03 bits per heavy atom. The van der Waals surface area contributed by atoms with Crippen LogP contribution in [0.5, 0.6) is 23.3 Å². The molecule has 2 aromatic carbocycles. The van der Waals surface area contributed by atoms with Gasteiger partial charge in [-0.2, -0.15) is 4.98 Å². The van der Waals surface area contributed by atoms with Crippen molar-refractivity contribution in [3.8, 4) is 23.3 Å². The van der Waals surface area contributed by atoms with E-state index >= 15 is 0 Å². The highest BCUT2D eigenvalue weighted by molar-refractivity contribution is 5.72. The predicted octanol–water partition coefficient (Wildman–Crippen LogP) is 2.14. The maximum Gasteiger partial charge on any atom is 0.332 e. The van der Waals surface area contributed by atoms with Crippen LogP contribution in [0.1, 0.15) is 5.56 Å². The van der Waals surface area contributed by atoms with Crippen molar-refractivity contribution >= 4 is 11.2 Å². The highest BCUT2D eigenvalue weighted by atomic mass is 19.1. The minimum absolute atomic E-state index is 0.00522. The Balaban J connectivity index is 1.58. The number of hydrogen-bond acceptors (Lipinski definition) is 6. The summed E-state index contributed by atoms with van der Waals surface area (Å²) < 4.78 is 33.5. The minimum atomic E-state index is -0.533. The molecule has 1 aliphatic heterocycles. The first-order chi connectivity index (χ1) is 14.9. The molecule has 0 radical (unpaired) electrons. The first-order valence-corrected chi connectivity index (χ1v) is 9.40. The van der Waals surface area contributed by atoms with Gasteiger partial charge in [-0.1, -0.05) is 12.1 Å². The Kier molecular flexibility index (Phi) is 4.28. The topological polar surface area (TPSA) is 89.5 Å². The maximum absolute atomic E-state index is 13.2. The molecular formula is C21H17FN4O5. The predicted molar refractivity (Wildman–Crippen MR) is 108 cm³/mol. The van der Waals surface area contributed by atoms with Crippen molar-refractivity contribution in [3.05, 3.63) is 74.7 Å². The van der Waals surface area contributed by atoms with E-state index in [0.717, 1.165) is 4.57 Å². The van der Waals surface area contributed by atoms with E-state index in [0.29, 0.717) is 22.8 Å². The van der Waals surface area contributed by atoms with Crippen LogP contribution in [0.25, 0.3) is 11.2 Å². The van der Waals surface area contributed by atoms with Crippen LogP contribution in [-0.4, -0.2) is 25.5 Å². The van der Waals surface area contributed by atoms with Crippen LogP contribution in [0.15, 0.2) is 52.1 Å². The van der Waals surface area contributed by atoms with Crippen molar-refractivity contribution in [1.29, 1.82) is 0 Å². The second kappa shape index (κ2) is 7.01. The van der Waals surface area contributed by atoms with Gasteiger partial charge in [-0.15, -0.1) is 0 Å². The lowest BCUT2D eigenvalue weighted by atomic mass is 10.2. The molecule has 1 aliphatic rings. The van der Waals surface area contributed by atoms with Gasteiger partial charge in [0.2, 0.25) is 6.79 Å². The third kappa shape index (κ3) is 3.12. The first-order valence-electron chi connectivity index (χ1n) is 9.40. The van der Waals surface area contributed by atoms with Crippen molar-refractivity contribution in [2.24, 2.45) is 14.1 Å². The largest absolute Gasteiger partial charge is 0.454 e. The van der Waals surface area contributed by atoms with E-state index in [2.05, 4.69) is 4.98 Å². The van der Waals surface area contributed by atoms with Gasteiger partial charge in [0.05, 0.1) is 6.54 Å². The number of ether oxygens (including phenoxy) is 3. The van der Waals surface area contributed by atoms with Gasteiger partial charge in [0.15, 0.2) is 22.7 Å². The van der Waals surface area contributed by atoms with E-state index in [1.807, 2.05) is 0 Å². The zero-order valence-electron chi connectivity index (χ0n) is 16.7. The van der Waals surface area contributed by atoms with Crippen molar-refractivity contribution in [3.63, 3.8) is 0 Å². The number of aromatic nitrogens is 4. The Labute approximate surface area is 174 Å². The molecule has 2 aromatic heterocycles. The van der Waals surface area contributed by atoms with Crippen LogP contribution in [-0.2, 0) is 20.6 Å². The number of rotatable bonds is 4. The Hall–Kier alpha value is -4.08. The maximum atomic E-state index is 13.2. The minimum Gasteiger partial charge on any atom is -0.454 e. The lowest BCUT2D eigenvalue weighted by molar-refractivity contribution is 0.174. The van der Waals surface area contributed by atoms with E-state index < -0.39 is 17.1 Å². The van der Waals surface area contributed by atoms with Gasteiger partial charge in [0.1, 0.15) is 11.6 Å². The molecule has 0 aliphatic carbocycles. The quantitative estimate of drug-likeness (QED) is 0.499. The number of hydrogen-bond donors (Lipinski definition) is 0. The fourth-order valence-electron chi connectivity index (χ4n) is 3.47. The molecule has 10 heteroatoms. The van der Waals surface area contributed by atoms with Crippen molar-refractivity contribution in [1.82, 2.24) is 18.7 Å². The zero-order chi connectivity index (χ0) is 21.7. The molecule has 5 rings (SSSR count). The summed E-state index contributed by atoms with van der Waals surface area (Å²) in [6, 6.07) is 10.8. The van der Waals surface area contributed by atoms with Gasteiger partial charge >= 0.3 is 11.7 Å². The summed E-state index contributed by atoms with van der Waals surface area (Å²) in [5.41, 5.74) is -0.0185. The molecule has 0 unspecified atom stereocenters. The number of nitrogens with zero attached hydrogens (tertiary/aromatic N) is 4. The van der Waals surface area contributed by atoms with Gasteiger partial charge in [-0.3, -0.25) is 18.5 Å². The molecule has 3 heterocycles. The van der Waals surface area contributed by atoms with Gasteiger partial charge < -0.3 is 14.2 Å². The average Bonchev–Trinajstić information content (AvgIpc) is 3.35. The van der Waals surface area contributed by atoms with E-state index in [1.54, 1.807) is 25.2 Å². The van der Waals surface area contributed by atoms with Gasteiger partial charge in [0.25, 0.3) is 5.56 Å². The SMILES string of the molecule is Cn1c(Oc2ccc3c(c2)OCO3)nc2c1c(=O)n(Cc1ccc(F)cc1)c(=O)n2C. The van der Waals surface area contributed by atoms with Crippen molar-refractivity contribution < 1.29 is 18.6 Å². The fraction of sp³-hybridized carbons (Fsp3) is 0.190.